The zero-order chi connectivity index (χ0) is 20.4. The molecular weight excluding hydrogens is 352 g/mol. The molecule has 0 saturated carbocycles. The lowest BCUT2D eigenvalue weighted by atomic mass is 9.91. The second-order valence-corrected chi connectivity index (χ2v) is 8.16. The van der Waals surface area contributed by atoms with Gasteiger partial charge < -0.3 is 10.6 Å². The first-order valence-corrected chi connectivity index (χ1v) is 11.9. The van der Waals surface area contributed by atoms with Crippen LogP contribution in [0.5, 0.6) is 0 Å². The van der Waals surface area contributed by atoms with E-state index < -0.39 is 0 Å². The fourth-order valence-electron chi connectivity index (χ4n) is 3.91. The molecule has 2 N–H and O–H groups in total. The smallest absolute Gasteiger partial charge is 0.0214 e. The van der Waals surface area contributed by atoms with Gasteiger partial charge in [-0.15, -0.1) is 0 Å². The van der Waals surface area contributed by atoms with Crippen molar-refractivity contribution in [3.63, 3.8) is 0 Å². The van der Waals surface area contributed by atoms with Crippen molar-refractivity contribution in [2.24, 2.45) is 0 Å². The summed E-state index contributed by atoms with van der Waals surface area (Å²) in [4.78, 5) is 0. The number of hydrogen-bond donors (Lipinski definition) is 2. The lowest BCUT2D eigenvalue weighted by molar-refractivity contribution is 0.539. The van der Waals surface area contributed by atoms with E-state index in [2.05, 4.69) is 78.2 Å². The lowest BCUT2D eigenvalue weighted by Crippen LogP contribution is -2.31. The van der Waals surface area contributed by atoms with Gasteiger partial charge in [0.05, 0.1) is 0 Å². The van der Waals surface area contributed by atoms with Crippen molar-refractivity contribution < 1.29 is 0 Å². The number of hydrogen-bond acceptors (Lipinski definition) is 2. The minimum atomic E-state index is 0.412. The van der Waals surface area contributed by atoms with Crippen LogP contribution in [-0.2, 0) is 0 Å². The Balaban J connectivity index is 1.52. The summed E-state index contributed by atoms with van der Waals surface area (Å²) in [6.07, 6.45) is 12.6. The molecule has 0 aromatic heterocycles. The molecule has 0 amide bonds. The normalized spacial score (nSPS) is 11.2. The van der Waals surface area contributed by atoms with Crippen LogP contribution in [0.2, 0.25) is 0 Å². The summed E-state index contributed by atoms with van der Waals surface area (Å²) in [5.41, 5.74) is 2.77. The molecule has 0 spiro atoms. The summed E-state index contributed by atoms with van der Waals surface area (Å²) in [6, 6.07) is 21.7. The largest absolute Gasteiger partial charge is 0.315 e. The third kappa shape index (κ3) is 10.6. The minimum absolute atomic E-state index is 0.412. The van der Waals surface area contributed by atoms with Crippen LogP contribution in [0.3, 0.4) is 0 Å². The van der Waals surface area contributed by atoms with Gasteiger partial charge in [-0.2, -0.15) is 0 Å². The van der Waals surface area contributed by atoms with E-state index in [1.165, 1.54) is 68.9 Å². The maximum atomic E-state index is 3.66. The Morgan fingerprint density at radius 3 is 1.59 bits per heavy atom. The van der Waals surface area contributed by atoms with E-state index in [1.54, 1.807) is 0 Å². The molecule has 0 radical (unpaired) electrons. The molecule has 0 heterocycles. The maximum absolute atomic E-state index is 3.66. The molecule has 0 aliphatic rings. The highest BCUT2D eigenvalue weighted by Crippen LogP contribution is 2.23. The fraction of sp³-hybridized carbons (Fsp3) is 0.556. The van der Waals surface area contributed by atoms with E-state index in [0.717, 1.165) is 26.2 Å². The molecule has 2 heteroatoms. The van der Waals surface area contributed by atoms with Gasteiger partial charge in [-0.25, -0.2) is 0 Å². The van der Waals surface area contributed by atoms with Crippen LogP contribution in [0.25, 0.3) is 0 Å². The predicted molar refractivity (Wildman–Crippen MR) is 128 cm³/mol. The molecule has 0 saturated heterocycles. The van der Waals surface area contributed by atoms with E-state index in [-0.39, 0.29) is 0 Å². The average Bonchev–Trinajstić information content (AvgIpc) is 2.78. The van der Waals surface area contributed by atoms with Gasteiger partial charge in [0.2, 0.25) is 0 Å². The van der Waals surface area contributed by atoms with E-state index in [9.17, 15) is 0 Å². The third-order valence-electron chi connectivity index (χ3n) is 5.69. The second kappa shape index (κ2) is 16.2. The number of unbranched alkanes of at least 4 members (excludes halogenated alkanes) is 8. The molecule has 0 aliphatic heterocycles. The Morgan fingerprint density at radius 2 is 1.03 bits per heavy atom. The lowest BCUT2D eigenvalue weighted by Gasteiger charge is -2.19. The van der Waals surface area contributed by atoms with Crippen molar-refractivity contribution >= 4 is 0 Å². The van der Waals surface area contributed by atoms with Crippen molar-refractivity contribution in [1.29, 1.82) is 0 Å². The summed E-state index contributed by atoms with van der Waals surface area (Å²) in [7, 11) is 0. The van der Waals surface area contributed by atoms with Crippen LogP contribution in [0.1, 0.15) is 81.8 Å². The molecule has 160 valence electrons. The van der Waals surface area contributed by atoms with Crippen molar-refractivity contribution in [2.75, 3.05) is 26.2 Å². The topological polar surface area (TPSA) is 24.1 Å². The van der Waals surface area contributed by atoms with Gasteiger partial charge in [0.25, 0.3) is 0 Å². The zero-order valence-electron chi connectivity index (χ0n) is 18.5. The van der Waals surface area contributed by atoms with Crippen LogP contribution in [0, 0.1) is 0 Å². The first-order chi connectivity index (χ1) is 14.4. The van der Waals surface area contributed by atoms with Gasteiger partial charge in [-0.05, 0) is 24.1 Å². The second-order valence-electron chi connectivity index (χ2n) is 8.16. The van der Waals surface area contributed by atoms with Crippen molar-refractivity contribution in [1.82, 2.24) is 10.6 Å². The molecule has 29 heavy (non-hydrogen) atoms. The molecule has 2 aromatic carbocycles. The van der Waals surface area contributed by atoms with Crippen LogP contribution in [0.15, 0.2) is 60.7 Å². The molecule has 0 bridgehead atoms. The monoisotopic (exact) mass is 394 g/mol. The van der Waals surface area contributed by atoms with Crippen LogP contribution in [-0.4, -0.2) is 26.2 Å². The number of rotatable bonds is 17. The van der Waals surface area contributed by atoms with Crippen molar-refractivity contribution in [3.8, 4) is 0 Å². The SMILES string of the molecule is CCCCCCCCCCCNCCNCC(c1ccccc1)c1ccccc1. The summed E-state index contributed by atoms with van der Waals surface area (Å²) >= 11 is 0. The minimum Gasteiger partial charge on any atom is -0.315 e. The molecule has 0 unspecified atom stereocenters. The molecule has 0 atom stereocenters. The summed E-state index contributed by atoms with van der Waals surface area (Å²) in [6.45, 7) is 6.49. The van der Waals surface area contributed by atoms with Crippen molar-refractivity contribution in [2.45, 2.75) is 70.6 Å². The van der Waals surface area contributed by atoms with Gasteiger partial charge in [0, 0.05) is 25.6 Å². The van der Waals surface area contributed by atoms with Crippen LogP contribution >= 0.6 is 0 Å². The van der Waals surface area contributed by atoms with Gasteiger partial charge >= 0.3 is 0 Å². The van der Waals surface area contributed by atoms with Gasteiger partial charge in [-0.1, -0.05) is 119 Å². The molecule has 2 aromatic rings. The van der Waals surface area contributed by atoms with E-state index >= 15 is 0 Å². The van der Waals surface area contributed by atoms with Crippen LogP contribution in [0.4, 0.5) is 0 Å². The van der Waals surface area contributed by atoms with E-state index in [0.29, 0.717) is 5.92 Å². The first kappa shape index (κ1) is 23.6. The highest BCUT2D eigenvalue weighted by Gasteiger charge is 2.12. The highest BCUT2D eigenvalue weighted by atomic mass is 14.9. The molecular formula is C27H42N2. The summed E-state index contributed by atoms with van der Waals surface area (Å²) in [5, 5.41) is 7.25. The number of nitrogens with one attached hydrogen (secondary N) is 2. The highest BCUT2D eigenvalue weighted by molar-refractivity contribution is 5.32. The van der Waals surface area contributed by atoms with Gasteiger partial charge in [0.15, 0.2) is 0 Å². The Kier molecular flexibility index (Phi) is 13.2. The first-order valence-electron chi connectivity index (χ1n) is 11.9. The molecule has 0 aliphatic carbocycles. The van der Waals surface area contributed by atoms with E-state index in [1.807, 2.05) is 0 Å². The summed E-state index contributed by atoms with van der Waals surface area (Å²) < 4.78 is 0. The van der Waals surface area contributed by atoms with Crippen molar-refractivity contribution in [3.05, 3.63) is 71.8 Å². The number of benzene rings is 2. The fourth-order valence-corrected chi connectivity index (χ4v) is 3.91. The Labute approximate surface area is 179 Å². The quantitative estimate of drug-likeness (QED) is 0.298. The average molecular weight is 395 g/mol. The Bertz CT molecular complexity index is 557. The Morgan fingerprint density at radius 1 is 0.552 bits per heavy atom. The third-order valence-corrected chi connectivity index (χ3v) is 5.69. The van der Waals surface area contributed by atoms with Gasteiger partial charge in [-0.3, -0.25) is 0 Å². The maximum Gasteiger partial charge on any atom is 0.0214 e. The van der Waals surface area contributed by atoms with E-state index in [4.69, 9.17) is 0 Å². The Hall–Kier alpha value is -1.64. The molecule has 2 nitrogen and oxygen atoms in total. The molecule has 0 fully saturated rings. The van der Waals surface area contributed by atoms with Gasteiger partial charge in [0.1, 0.15) is 0 Å². The molecule has 2 rings (SSSR count). The predicted octanol–water partition coefficient (Wildman–Crippen LogP) is 6.53. The van der Waals surface area contributed by atoms with Crippen LogP contribution < -0.4 is 10.6 Å². The summed E-state index contributed by atoms with van der Waals surface area (Å²) in [5.74, 6) is 0.412. The zero-order valence-corrected chi connectivity index (χ0v) is 18.5. The standard InChI is InChI=1S/C27H42N2/c1-2-3-4-5-6-7-8-9-16-21-28-22-23-29-24-27(25-17-12-10-13-18-25)26-19-14-11-15-20-26/h10-15,17-20,27-29H,2-9,16,21-24H2,1H3.